The second-order valence-corrected chi connectivity index (χ2v) is 5.80. The Morgan fingerprint density at radius 3 is 2.59 bits per heavy atom. The number of hydrogen-bond donors (Lipinski definition) is 2. The van der Waals surface area contributed by atoms with Crippen LogP contribution in [0.25, 0.3) is 11.0 Å². The molecule has 0 saturated heterocycles. The molecule has 0 saturated carbocycles. The Bertz CT molecular complexity index is 961. The maximum Gasteiger partial charge on any atom is 0.259 e. The molecule has 0 fully saturated rings. The number of benzene rings is 2. The zero-order valence-electron chi connectivity index (χ0n) is 15.4. The molecule has 0 radical (unpaired) electrons. The summed E-state index contributed by atoms with van der Waals surface area (Å²) in [7, 11) is 3.20. The molecule has 7 nitrogen and oxygen atoms in total. The first-order valence-corrected chi connectivity index (χ1v) is 8.38. The third kappa shape index (κ3) is 4.38. The van der Waals surface area contributed by atoms with E-state index in [2.05, 4.69) is 15.8 Å². The van der Waals surface area contributed by atoms with Gasteiger partial charge in [-0.15, -0.1) is 0 Å². The molecule has 0 unspecified atom stereocenters. The lowest BCUT2D eigenvalue weighted by molar-refractivity contribution is -0.119. The second kappa shape index (κ2) is 8.27. The minimum atomic E-state index is -0.265. The van der Waals surface area contributed by atoms with E-state index in [1.165, 1.54) is 0 Å². The fourth-order valence-electron chi connectivity index (χ4n) is 2.51. The van der Waals surface area contributed by atoms with Crippen molar-refractivity contribution in [1.82, 2.24) is 5.43 Å². The SMILES string of the molecule is COc1ccc(NCC(=O)N/N=C(/C)c2cc3cccc(OC)c3o2)cc1. The Balaban J connectivity index is 1.60. The molecule has 140 valence electrons. The van der Waals surface area contributed by atoms with Gasteiger partial charge in [0.05, 0.1) is 20.8 Å². The molecule has 2 N–H and O–H groups in total. The number of rotatable bonds is 7. The topological polar surface area (TPSA) is 85.1 Å². The Labute approximate surface area is 157 Å². The predicted octanol–water partition coefficient (Wildman–Crippen LogP) is 3.40. The van der Waals surface area contributed by atoms with Crippen molar-refractivity contribution in [3.8, 4) is 11.5 Å². The van der Waals surface area contributed by atoms with Crippen molar-refractivity contribution in [2.24, 2.45) is 5.10 Å². The highest BCUT2D eigenvalue weighted by Crippen LogP contribution is 2.28. The maximum atomic E-state index is 12.0. The Hall–Kier alpha value is -3.48. The van der Waals surface area contributed by atoms with E-state index in [1.807, 2.05) is 48.5 Å². The molecule has 0 aliphatic carbocycles. The third-order valence-electron chi connectivity index (χ3n) is 3.98. The van der Waals surface area contributed by atoms with E-state index in [9.17, 15) is 4.79 Å². The number of nitrogens with one attached hydrogen (secondary N) is 2. The number of fused-ring (bicyclic) bond motifs is 1. The molecule has 1 amide bonds. The lowest BCUT2D eigenvalue weighted by Crippen LogP contribution is -2.26. The van der Waals surface area contributed by atoms with Crippen LogP contribution in [0, 0.1) is 0 Å². The number of furan rings is 1. The van der Waals surface area contributed by atoms with Gasteiger partial charge in [-0.3, -0.25) is 4.79 Å². The van der Waals surface area contributed by atoms with Gasteiger partial charge in [-0.25, -0.2) is 5.43 Å². The first-order chi connectivity index (χ1) is 13.1. The van der Waals surface area contributed by atoms with Crippen molar-refractivity contribution in [3.05, 3.63) is 54.3 Å². The standard InChI is InChI=1S/C20H21N3O4/c1-13(18-11-14-5-4-6-17(26-3)20(14)27-18)22-23-19(24)12-21-15-7-9-16(25-2)10-8-15/h4-11,21H,12H2,1-3H3,(H,23,24)/b22-13-. The number of nitrogens with zero attached hydrogens (tertiary/aromatic N) is 1. The summed E-state index contributed by atoms with van der Waals surface area (Å²) >= 11 is 0. The third-order valence-corrected chi connectivity index (χ3v) is 3.98. The highest BCUT2D eigenvalue weighted by molar-refractivity contribution is 6.01. The lowest BCUT2D eigenvalue weighted by Gasteiger charge is -2.06. The summed E-state index contributed by atoms with van der Waals surface area (Å²) in [5.74, 6) is 1.71. The average molecular weight is 367 g/mol. The van der Waals surface area contributed by atoms with Gasteiger partial charge >= 0.3 is 0 Å². The molecule has 3 rings (SSSR count). The monoisotopic (exact) mass is 367 g/mol. The molecule has 1 aromatic heterocycles. The molecule has 0 atom stereocenters. The Morgan fingerprint density at radius 1 is 1.11 bits per heavy atom. The van der Waals surface area contributed by atoms with Gasteiger partial charge in [-0.1, -0.05) is 12.1 Å². The zero-order valence-corrected chi connectivity index (χ0v) is 15.4. The number of ether oxygens (including phenoxy) is 2. The molecule has 27 heavy (non-hydrogen) atoms. The van der Waals surface area contributed by atoms with Crippen molar-refractivity contribution in [1.29, 1.82) is 0 Å². The molecule has 0 aliphatic rings. The van der Waals surface area contributed by atoms with Crippen LogP contribution >= 0.6 is 0 Å². The summed E-state index contributed by atoms with van der Waals surface area (Å²) in [5.41, 5.74) is 4.54. The number of hydrazone groups is 1. The van der Waals surface area contributed by atoms with Crippen molar-refractivity contribution in [2.45, 2.75) is 6.92 Å². The highest BCUT2D eigenvalue weighted by Gasteiger charge is 2.11. The summed E-state index contributed by atoms with van der Waals surface area (Å²) in [5, 5.41) is 8.03. The Morgan fingerprint density at radius 2 is 1.89 bits per heavy atom. The zero-order chi connectivity index (χ0) is 19.2. The van der Waals surface area contributed by atoms with E-state index in [1.54, 1.807) is 21.1 Å². The molecule has 1 heterocycles. The van der Waals surface area contributed by atoms with E-state index in [4.69, 9.17) is 13.9 Å². The summed E-state index contributed by atoms with van der Waals surface area (Å²) in [6.07, 6.45) is 0. The molecule has 3 aromatic rings. The fourth-order valence-corrected chi connectivity index (χ4v) is 2.51. The van der Waals surface area contributed by atoms with Crippen molar-refractivity contribution in [3.63, 3.8) is 0 Å². The molecule has 0 spiro atoms. The highest BCUT2D eigenvalue weighted by atomic mass is 16.5. The molecule has 0 aliphatic heterocycles. The smallest absolute Gasteiger partial charge is 0.259 e. The number of carbonyl (C=O) groups excluding carboxylic acids is 1. The van der Waals surface area contributed by atoms with Gasteiger partial charge in [0, 0.05) is 11.1 Å². The minimum absolute atomic E-state index is 0.0943. The van der Waals surface area contributed by atoms with Crippen LogP contribution in [0.5, 0.6) is 11.5 Å². The van der Waals surface area contributed by atoms with Crippen LogP contribution in [0.2, 0.25) is 0 Å². The van der Waals surface area contributed by atoms with Crippen molar-refractivity contribution in [2.75, 3.05) is 26.1 Å². The van der Waals surface area contributed by atoms with E-state index in [0.29, 0.717) is 22.8 Å². The average Bonchev–Trinajstić information content (AvgIpc) is 3.15. The number of amides is 1. The number of carbonyl (C=O) groups is 1. The predicted molar refractivity (Wildman–Crippen MR) is 105 cm³/mol. The van der Waals surface area contributed by atoms with Crippen LogP contribution in [-0.2, 0) is 4.79 Å². The van der Waals surface area contributed by atoms with Gasteiger partial charge in [0.2, 0.25) is 0 Å². The van der Waals surface area contributed by atoms with Gasteiger partial charge in [-0.2, -0.15) is 5.10 Å². The first kappa shape index (κ1) is 18.3. The summed E-state index contributed by atoms with van der Waals surface area (Å²) < 4.78 is 16.2. The van der Waals surface area contributed by atoms with Gasteiger partial charge in [0.25, 0.3) is 5.91 Å². The van der Waals surface area contributed by atoms with E-state index >= 15 is 0 Å². The quantitative estimate of drug-likeness (QED) is 0.494. The van der Waals surface area contributed by atoms with Gasteiger partial charge in [-0.05, 0) is 43.3 Å². The fraction of sp³-hybridized carbons (Fsp3) is 0.200. The van der Waals surface area contributed by atoms with Crippen molar-refractivity contribution < 1.29 is 18.7 Å². The number of methoxy groups -OCH3 is 2. The van der Waals surface area contributed by atoms with E-state index < -0.39 is 0 Å². The second-order valence-electron chi connectivity index (χ2n) is 5.80. The first-order valence-electron chi connectivity index (χ1n) is 8.38. The Kier molecular flexibility index (Phi) is 5.61. The van der Waals surface area contributed by atoms with Crippen LogP contribution in [0.3, 0.4) is 0 Å². The summed E-state index contributed by atoms with van der Waals surface area (Å²) in [4.78, 5) is 12.0. The molecule has 7 heteroatoms. The lowest BCUT2D eigenvalue weighted by atomic mass is 10.2. The minimum Gasteiger partial charge on any atom is -0.497 e. The van der Waals surface area contributed by atoms with Crippen LogP contribution in [0.4, 0.5) is 5.69 Å². The van der Waals surface area contributed by atoms with E-state index in [0.717, 1.165) is 16.8 Å². The van der Waals surface area contributed by atoms with E-state index in [-0.39, 0.29) is 12.5 Å². The summed E-state index contributed by atoms with van der Waals surface area (Å²) in [6, 6.07) is 14.8. The molecular formula is C20H21N3O4. The molecule has 2 aromatic carbocycles. The number of para-hydroxylation sites is 1. The summed E-state index contributed by atoms with van der Waals surface area (Å²) in [6.45, 7) is 1.86. The van der Waals surface area contributed by atoms with Gasteiger partial charge < -0.3 is 19.2 Å². The number of anilines is 1. The van der Waals surface area contributed by atoms with Gasteiger partial charge in [0.15, 0.2) is 17.1 Å². The molecular weight excluding hydrogens is 346 g/mol. The van der Waals surface area contributed by atoms with Crippen LogP contribution in [0.1, 0.15) is 12.7 Å². The van der Waals surface area contributed by atoms with Gasteiger partial charge in [0.1, 0.15) is 11.5 Å². The normalized spacial score (nSPS) is 11.3. The molecule has 0 bridgehead atoms. The van der Waals surface area contributed by atoms with Crippen LogP contribution < -0.4 is 20.2 Å². The van der Waals surface area contributed by atoms with Crippen LogP contribution in [0.15, 0.2) is 58.0 Å². The maximum absolute atomic E-state index is 12.0. The van der Waals surface area contributed by atoms with Crippen molar-refractivity contribution >= 4 is 28.3 Å². The number of hydrogen-bond acceptors (Lipinski definition) is 6. The largest absolute Gasteiger partial charge is 0.497 e. The van der Waals surface area contributed by atoms with Crippen LogP contribution in [-0.4, -0.2) is 32.4 Å².